The van der Waals surface area contributed by atoms with Crippen LogP contribution < -0.4 is 10.6 Å². The maximum absolute atomic E-state index is 12.1. The summed E-state index contributed by atoms with van der Waals surface area (Å²) in [5.41, 5.74) is 0. The number of nitrogens with zero attached hydrogens (tertiary/aromatic N) is 1. The zero-order chi connectivity index (χ0) is 18.1. The number of carbonyl (C=O) groups is 1. The summed E-state index contributed by atoms with van der Waals surface area (Å²) in [7, 11) is -3.05. The Kier molecular flexibility index (Phi) is 8.45. The molecule has 1 aliphatic heterocycles. The second-order valence-electron chi connectivity index (χ2n) is 7.19. The Labute approximate surface area is 151 Å². The molecule has 0 bridgehead atoms. The smallest absolute Gasteiger partial charge is 0.315 e. The van der Waals surface area contributed by atoms with Gasteiger partial charge in [0.1, 0.15) is 0 Å². The number of aliphatic hydroxyl groups excluding tert-OH is 1. The molecule has 1 saturated heterocycles. The number of urea groups is 1. The van der Waals surface area contributed by atoms with Crippen molar-refractivity contribution < 1.29 is 18.3 Å². The van der Waals surface area contributed by atoms with Crippen LogP contribution in [0.2, 0.25) is 0 Å². The molecule has 1 heterocycles. The molecule has 0 radical (unpaired) electrons. The summed E-state index contributed by atoms with van der Waals surface area (Å²) in [5.74, 6) is 0.681. The van der Waals surface area contributed by atoms with Crippen molar-refractivity contribution in [2.24, 2.45) is 5.92 Å². The summed E-state index contributed by atoms with van der Waals surface area (Å²) in [6, 6.07) is -0.200. The van der Waals surface area contributed by atoms with Crippen LogP contribution in [0, 0.1) is 5.92 Å². The van der Waals surface area contributed by atoms with E-state index in [1.54, 1.807) is 0 Å². The first-order valence-electron chi connectivity index (χ1n) is 9.66. The number of carbonyl (C=O) groups excluding carboxylic acids is 1. The van der Waals surface area contributed by atoms with E-state index in [9.17, 15) is 18.3 Å². The predicted molar refractivity (Wildman–Crippen MR) is 97.8 cm³/mol. The number of hydrogen-bond donors (Lipinski definition) is 3. The lowest BCUT2D eigenvalue weighted by molar-refractivity contribution is 0.207. The topological polar surface area (TPSA) is 98.7 Å². The summed E-state index contributed by atoms with van der Waals surface area (Å²) < 4.78 is 24.9. The van der Waals surface area contributed by atoms with Crippen LogP contribution in [-0.4, -0.2) is 61.9 Å². The highest BCUT2D eigenvalue weighted by Crippen LogP contribution is 2.26. The first-order chi connectivity index (χ1) is 12.0. The van der Waals surface area contributed by atoms with Gasteiger partial charge in [-0.25, -0.2) is 17.5 Å². The third-order valence-electron chi connectivity index (χ3n) is 5.30. The van der Waals surface area contributed by atoms with Gasteiger partial charge in [-0.2, -0.15) is 0 Å². The van der Waals surface area contributed by atoms with Crippen LogP contribution in [-0.2, 0) is 10.0 Å². The second kappa shape index (κ2) is 10.3. The second-order valence-corrected chi connectivity index (χ2v) is 9.28. The number of amides is 2. The molecule has 3 N–H and O–H groups in total. The number of sulfonamides is 1. The molecule has 2 fully saturated rings. The third kappa shape index (κ3) is 6.75. The van der Waals surface area contributed by atoms with Crippen molar-refractivity contribution in [3.8, 4) is 0 Å². The molecule has 0 aromatic carbocycles. The van der Waals surface area contributed by atoms with E-state index < -0.39 is 10.0 Å². The number of nitrogens with one attached hydrogen (secondary N) is 2. The SMILES string of the molecule is O=C(NCCCN1CCCS1(=O)=O)NC(CCO)C1CCCCCC1. The molecule has 1 saturated carbocycles. The van der Waals surface area contributed by atoms with Crippen molar-refractivity contribution >= 4 is 16.1 Å². The van der Waals surface area contributed by atoms with E-state index in [1.807, 2.05) is 0 Å². The van der Waals surface area contributed by atoms with Gasteiger partial charge in [-0.05, 0) is 38.0 Å². The molecule has 7 nitrogen and oxygen atoms in total. The third-order valence-corrected chi connectivity index (χ3v) is 7.26. The minimum atomic E-state index is -3.05. The normalized spacial score (nSPS) is 23.1. The molecule has 2 amide bonds. The molecule has 146 valence electrons. The lowest BCUT2D eigenvalue weighted by atomic mass is 9.90. The zero-order valence-corrected chi connectivity index (χ0v) is 15.9. The van der Waals surface area contributed by atoms with Gasteiger partial charge in [0, 0.05) is 32.3 Å². The van der Waals surface area contributed by atoms with E-state index >= 15 is 0 Å². The Balaban J connectivity index is 1.69. The number of aliphatic hydroxyl groups is 1. The molecule has 0 aromatic heterocycles. The zero-order valence-electron chi connectivity index (χ0n) is 15.1. The first kappa shape index (κ1) is 20.5. The van der Waals surface area contributed by atoms with Crippen molar-refractivity contribution in [1.29, 1.82) is 0 Å². The average molecular weight is 376 g/mol. The Morgan fingerprint density at radius 3 is 2.48 bits per heavy atom. The Hall–Kier alpha value is -0.860. The van der Waals surface area contributed by atoms with Gasteiger partial charge < -0.3 is 15.7 Å². The highest BCUT2D eigenvalue weighted by atomic mass is 32.2. The maximum atomic E-state index is 12.1. The molecular weight excluding hydrogens is 342 g/mol. The molecule has 8 heteroatoms. The van der Waals surface area contributed by atoms with Crippen LogP contribution >= 0.6 is 0 Å². The van der Waals surface area contributed by atoms with Gasteiger partial charge in [0.05, 0.1) is 5.75 Å². The van der Waals surface area contributed by atoms with E-state index in [1.165, 1.54) is 30.0 Å². The van der Waals surface area contributed by atoms with Gasteiger partial charge in [0.2, 0.25) is 10.0 Å². The Morgan fingerprint density at radius 2 is 1.88 bits per heavy atom. The van der Waals surface area contributed by atoms with Crippen molar-refractivity contribution in [2.75, 3.05) is 32.0 Å². The number of rotatable bonds is 8. The molecule has 2 rings (SSSR count). The van der Waals surface area contributed by atoms with Crippen LogP contribution in [0.5, 0.6) is 0 Å². The highest BCUT2D eigenvalue weighted by molar-refractivity contribution is 7.89. The fourth-order valence-electron chi connectivity index (χ4n) is 3.90. The van der Waals surface area contributed by atoms with Crippen molar-refractivity contribution in [3.63, 3.8) is 0 Å². The minimum Gasteiger partial charge on any atom is -0.396 e. The summed E-state index contributed by atoms with van der Waals surface area (Å²) in [6.45, 7) is 1.59. The van der Waals surface area contributed by atoms with Gasteiger partial charge in [0.25, 0.3) is 0 Å². The van der Waals surface area contributed by atoms with Crippen LogP contribution in [0.15, 0.2) is 0 Å². The molecular formula is C17H33N3O4S. The van der Waals surface area contributed by atoms with Gasteiger partial charge in [-0.15, -0.1) is 0 Å². The monoisotopic (exact) mass is 375 g/mol. The van der Waals surface area contributed by atoms with Gasteiger partial charge in [-0.3, -0.25) is 0 Å². The van der Waals surface area contributed by atoms with Crippen LogP contribution in [0.25, 0.3) is 0 Å². The fraction of sp³-hybridized carbons (Fsp3) is 0.941. The van der Waals surface area contributed by atoms with E-state index in [0.717, 1.165) is 12.8 Å². The lowest BCUT2D eigenvalue weighted by Crippen LogP contribution is -2.46. The Bertz CT molecular complexity index is 504. The van der Waals surface area contributed by atoms with Gasteiger partial charge in [-0.1, -0.05) is 25.7 Å². The first-order valence-corrected chi connectivity index (χ1v) is 11.3. The van der Waals surface area contributed by atoms with Crippen LogP contribution in [0.1, 0.15) is 57.8 Å². The van der Waals surface area contributed by atoms with Crippen molar-refractivity contribution in [2.45, 2.75) is 63.8 Å². The summed E-state index contributed by atoms with van der Waals surface area (Å²) in [4.78, 5) is 12.1. The molecule has 1 aliphatic carbocycles. The van der Waals surface area contributed by atoms with Crippen molar-refractivity contribution in [1.82, 2.24) is 14.9 Å². The van der Waals surface area contributed by atoms with E-state index in [2.05, 4.69) is 10.6 Å². The van der Waals surface area contributed by atoms with Gasteiger partial charge >= 0.3 is 6.03 Å². The number of hydrogen-bond acceptors (Lipinski definition) is 4. The predicted octanol–water partition coefficient (Wildman–Crippen LogP) is 1.43. The Morgan fingerprint density at radius 1 is 1.16 bits per heavy atom. The minimum absolute atomic E-state index is 0.0158. The highest BCUT2D eigenvalue weighted by Gasteiger charge is 2.27. The molecule has 0 aromatic rings. The molecule has 0 spiro atoms. The van der Waals surface area contributed by atoms with Crippen LogP contribution in [0.4, 0.5) is 4.79 Å². The van der Waals surface area contributed by atoms with Crippen LogP contribution in [0.3, 0.4) is 0 Å². The quantitative estimate of drug-likeness (QED) is 0.441. The lowest BCUT2D eigenvalue weighted by Gasteiger charge is -2.27. The summed E-state index contributed by atoms with van der Waals surface area (Å²) in [6.07, 6.45) is 9.02. The standard InChI is InChI=1S/C17H33N3O4S/c21-13-9-16(15-7-3-1-2-4-8-15)19-17(22)18-10-5-11-20-12-6-14-25(20,23)24/h15-16,21H,1-14H2,(H2,18,19,22). The maximum Gasteiger partial charge on any atom is 0.315 e. The molecule has 2 aliphatic rings. The average Bonchev–Trinajstić information content (AvgIpc) is 2.78. The largest absolute Gasteiger partial charge is 0.396 e. The fourth-order valence-corrected chi connectivity index (χ4v) is 5.46. The van der Waals surface area contributed by atoms with E-state index in [4.69, 9.17) is 0 Å². The summed E-state index contributed by atoms with van der Waals surface area (Å²) >= 11 is 0. The molecule has 1 unspecified atom stereocenters. The van der Waals surface area contributed by atoms with E-state index in [-0.39, 0.29) is 24.4 Å². The van der Waals surface area contributed by atoms with E-state index in [0.29, 0.717) is 44.8 Å². The van der Waals surface area contributed by atoms with Gasteiger partial charge in [0.15, 0.2) is 0 Å². The molecule has 25 heavy (non-hydrogen) atoms. The summed E-state index contributed by atoms with van der Waals surface area (Å²) in [5, 5.41) is 15.1. The van der Waals surface area contributed by atoms with Crippen molar-refractivity contribution in [3.05, 3.63) is 0 Å². The molecule has 1 atom stereocenters.